The van der Waals surface area contributed by atoms with Crippen molar-refractivity contribution in [2.45, 2.75) is 47.0 Å². The molecule has 0 spiro atoms. The van der Waals surface area contributed by atoms with Crippen LogP contribution in [-0.4, -0.2) is 0 Å². The minimum atomic E-state index is -0.335. The van der Waals surface area contributed by atoms with E-state index in [1.807, 2.05) is 6.07 Å². The molecule has 0 unspecified atom stereocenters. The molecule has 0 saturated heterocycles. The summed E-state index contributed by atoms with van der Waals surface area (Å²) in [6.07, 6.45) is 0. The number of rotatable bonds is 3. The summed E-state index contributed by atoms with van der Waals surface area (Å²) in [6.45, 7) is 14.9. The van der Waals surface area contributed by atoms with Gasteiger partial charge in [-0.1, -0.05) is 205 Å². The van der Waals surface area contributed by atoms with Gasteiger partial charge in [0.15, 0.2) is 0 Å². The number of fused-ring (bicyclic) bond motifs is 15. The fraction of sp³-hybridized carbons (Fsp3) is 0.138. The van der Waals surface area contributed by atoms with Gasteiger partial charge in [0.1, 0.15) is 11.2 Å². The van der Waals surface area contributed by atoms with Crippen molar-refractivity contribution in [1.82, 2.24) is 0 Å². The van der Waals surface area contributed by atoms with E-state index in [-0.39, 0.29) is 16.2 Å². The minimum absolute atomic E-state index is 0.146. The van der Waals surface area contributed by atoms with E-state index in [4.69, 9.17) is 4.42 Å². The highest BCUT2D eigenvalue weighted by Gasteiger charge is 2.59. The number of benzene rings is 11. The zero-order valence-electron chi connectivity index (χ0n) is 38.4. The van der Waals surface area contributed by atoms with Crippen LogP contribution in [-0.2, 0) is 5.41 Å². The molecule has 1 aromatic heterocycles. The summed E-state index contributed by atoms with van der Waals surface area (Å²) >= 11 is 0. The molecule has 0 atom stereocenters. The van der Waals surface area contributed by atoms with E-state index in [0.29, 0.717) is 0 Å². The standard InChI is InChI=1S/C65H50O/c1-63(2,3)65(64(4,5)6)55-38-53(44-24-8-10-26-46(44)60(55)61-47-27-11-7-22-42(47)43-23-9-16-32-52(43)62(61)65)39-20-19-21-40(36-39)58-48-28-12-14-30-50(48)59(51-31-15-13-29-49(51)58)41-34-35-57-54(37-41)45-25-17-18-33-56(45)66-57/h7-38H,1-6H3. The van der Waals surface area contributed by atoms with Crippen LogP contribution in [0.5, 0.6) is 0 Å². The van der Waals surface area contributed by atoms with Gasteiger partial charge < -0.3 is 4.42 Å². The number of furan rings is 1. The van der Waals surface area contributed by atoms with E-state index in [9.17, 15) is 0 Å². The van der Waals surface area contributed by atoms with Crippen LogP contribution in [0, 0.1) is 10.8 Å². The minimum Gasteiger partial charge on any atom is -0.456 e. The molecule has 0 bridgehead atoms. The third-order valence-electron chi connectivity index (χ3n) is 15.3. The molecular weight excluding hydrogens is 797 g/mol. The molecule has 316 valence electrons. The van der Waals surface area contributed by atoms with Gasteiger partial charge in [0, 0.05) is 16.2 Å². The van der Waals surface area contributed by atoms with Gasteiger partial charge in [-0.15, -0.1) is 0 Å². The zero-order valence-corrected chi connectivity index (χ0v) is 38.4. The van der Waals surface area contributed by atoms with Gasteiger partial charge in [0.2, 0.25) is 0 Å². The van der Waals surface area contributed by atoms with Crippen LogP contribution in [0.2, 0.25) is 0 Å². The summed E-state index contributed by atoms with van der Waals surface area (Å²) < 4.78 is 6.29. The number of para-hydroxylation sites is 1. The monoisotopic (exact) mass is 846 g/mol. The molecule has 0 saturated carbocycles. The molecule has 0 N–H and O–H groups in total. The van der Waals surface area contributed by atoms with Crippen LogP contribution in [0.25, 0.3) is 120 Å². The van der Waals surface area contributed by atoms with Gasteiger partial charge in [-0.2, -0.15) is 0 Å². The molecule has 0 amide bonds. The Hall–Kier alpha value is -7.48. The molecule has 1 heterocycles. The molecule has 66 heavy (non-hydrogen) atoms. The fourth-order valence-electron chi connectivity index (χ4n) is 13.3. The Morgan fingerprint density at radius 3 is 1.30 bits per heavy atom. The lowest BCUT2D eigenvalue weighted by Gasteiger charge is -2.53. The van der Waals surface area contributed by atoms with E-state index in [1.165, 1.54) is 109 Å². The van der Waals surface area contributed by atoms with Gasteiger partial charge in [0.05, 0.1) is 0 Å². The molecular formula is C65H50O. The number of hydrogen-bond donors (Lipinski definition) is 0. The summed E-state index contributed by atoms with van der Waals surface area (Å²) in [6, 6.07) is 72.6. The summed E-state index contributed by atoms with van der Waals surface area (Å²) in [7, 11) is 0. The molecule has 12 aromatic rings. The lowest BCUT2D eigenvalue weighted by atomic mass is 9.49. The maximum absolute atomic E-state index is 6.29. The van der Waals surface area contributed by atoms with Crippen molar-refractivity contribution in [3.8, 4) is 44.5 Å². The SMILES string of the molecule is CC(C)(C)C1(C(C)(C)C)c2cc(-c3cccc(-c4c5ccccc5c(-c5ccc6oc7ccccc7c6c5)c5ccccc45)c3)c3ccccc3c2-c2c1c1ccccc1c1ccccc21. The van der Waals surface area contributed by atoms with Crippen LogP contribution in [0.3, 0.4) is 0 Å². The molecule has 1 aliphatic rings. The van der Waals surface area contributed by atoms with Crippen molar-refractivity contribution in [2.24, 2.45) is 10.8 Å². The van der Waals surface area contributed by atoms with Gasteiger partial charge >= 0.3 is 0 Å². The third kappa shape index (κ3) is 5.17. The van der Waals surface area contributed by atoms with Crippen molar-refractivity contribution >= 4 is 75.8 Å². The lowest BCUT2D eigenvalue weighted by Crippen LogP contribution is -2.50. The van der Waals surface area contributed by atoms with E-state index >= 15 is 0 Å². The summed E-state index contributed by atoms with van der Waals surface area (Å²) in [5.41, 5.74) is 14.3. The van der Waals surface area contributed by atoms with Crippen molar-refractivity contribution in [1.29, 1.82) is 0 Å². The van der Waals surface area contributed by atoms with Crippen LogP contribution < -0.4 is 0 Å². The molecule has 13 rings (SSSR count). The van der Waals surface area contributed by atoms with Crippen molar-refractivity contribution in [3.05, 3.63) is 205 Å². The van der Waals surface area contributed by atoms with E-state index < -0.39 is 0 Å². The first-order valence-electron chi connectivity index (χ1n) is 23.5. The highest BCUT2D eigenvalue weighted by molar-refractivity contribution is 6.24. The maximum Gasteiger partial charge on any atom is 0.135 e. The Labute approximate surface area is 386 Å². The van der Waals surface area contributed by atoms with Crippen LogP contribution in [0.4, 0.5) is 0 Å². The Balaban J connectivity index is 1.09. The van der Waals surface area contributed by atoms with Crippen LogP contribution in [0.1, 0.15) is 52.7 Å². The summed E-state index contributed by atoms with van der Waals surface area (Å²) in [5.74, 6) is 0. The van der Waals surface area contributed by atoms with Gasteiger partial charge in [-0.3, -0.25) is 0 Å². The van der Waals surface area contributed by atoms with E-state index in [1.54, 1.807) is 0 Å². The van der Waals surface area contributed by atoms with Crippen LogP contribution >= 0.6 is 0 Å². The molecule has 0 aliphatic heterocycles. The zero-order chi connectivity index (χ0) is 44.7. The second-order valence-corrected chi connectivity index (χ2v) is 20.7. The second-order valence-electron chi connectivity index (χ2n) is 20.7. The van der Waals surface area contributed by atoms with Gasteiger partial charge in [-0.05, 0) is 151 Å². The number of hydrogen-bond acceptors (Lipinski definition) is 1. The molecule has 1 heteroatoms. The summed E-state index contributed by atoms with van der Waals surface area (Å²) in [5, 5.41) is 15.2. The predicted molar refractivity (Wildman–Crippen MR) is 283 cm³/mol. The molecule has 0 fully saturated rings. The Kier molecular flexibility index (Phi) is 8.12. The van der Waals surface area contributed by atoms with Crippen molar-refractivity contribution in [3.63, 3.8) is 0 Å². The van der Waals surface area contributed by atoms with E-state index in [2.05, 4.69) is 230 Å². The normalized spacial score (nSPS) is 13.7. The molecule has 1 aliphatic carbocycles. The highest BCUT2D eigenvalue weighted by Crippen LogP contribution is 2.68. The van der Waals surface area contributed by atoms with Crippen LogP contribution in [0.15, 0.2) is 199 Å². The van der Waals surface area contributed by atoms with Crippen molar-refractivity contribution in [2.75, 3.05) is 0 Å². The first-order chi connectivity index (χ1) is 32.0. The van der Waals surface area contributed by atoms with Gasteiger partial charge in [0.25, 0.3) is 0 Å². The summed E-state index contributed by atoms with van der Waals surface area (Å²) in [4.78, 5) is 0. The van der Waals surface area contributed by atoms with Crippen molar-refractivity contribution < 1.29 is 4.42 Å². The second kappa shape index (κ2) is 13.8. The predicted octanol–water partition coefficient (Wildman–Crippen LogP) is 18.7. The lowest BCUT2D eigenvalue weighted by molar-refractivity contribution is 0.0965. The fourth-order valence-corrected chi connectivity index (χ4v) is 13.3. The molecule has 11 aromatic carbocycles. The Morgan fingerprint density at radius 1 is 0.303 bits per heavy atom. The topological polar surface area (TPSA) is 13.1 Å². The first-order valence-corrected chi connectivity index (χ1v) is 23.5. The highest BCUT2D eigenvalue weighted by atomic mass is 16.3. The molecule has 1 nitrogen and oxygen atoms in total. The maximum atomic E-state index is 6.29. The Bertz CT molecular complexity index is 3940. The van der Waals surface area contributed by atoms with Gasteiger partial charge in [-0.25, -0.2) is 0 Å². The average molecular weight is 847 g/mol. The quantitative estimate of drug-likeness (QED) is 0.128. The Morgan fingerprint density at radius 2 is 0.727 bits per heavy atom. The average Bonchev–Trinajstić information content (AvgIpc) is 3.88. The largest absolute Gasteiger partial charge is 0.456 e. The first kappa shape index (κ1) is 38.9. The smallest absolute Gasteiger partial charge is 0.135 e. The van der Waals surface area contributed by atoms with E-state index in [0.717, 1.165) is 21.9 Å². The molecule has 0 radical (unpaired) electrons. The third-order valence-corrected chi connectivity index (χ3v) is 15.3.